The van der Waals surface area contributed by atoms with Gasteiger partial charge in [-0.05, 0) is 50.1 Å². The Bertz CT molecular complexity index is 474. The maximum absolute atomic E-state index is 5.65. The van der Waals surface area contributed by atoms with Crippen molar-refractivity contribution in [1.29, 1.82) is 0 Å². The lowest BCUT2D eigenvalue weighted by molar-refractivity contribution is 0.477. The highest BCUT2D eigenvalue weighted by atomic mass is 79.9. The van der Waals surface area contributed by atoms with Gasteiger partial charge in [-0.3, -0.25) is 4.98 Å². The topological polar surface area (TPSA) is 22.1 Å². The minimum absolute atomic E-state index is 0.705. The minimum atomic E-state index is 0.705. The first-order valence-corrected chi connectivity index (χ1v) is 5.87. The number of hydrogen-bond donors (Lipinski definition) is 0. The van der Waals surface area contributed by atoms with Crippen LogP contribution in [0.2, 0.25) is 0 Å². The van der Waals surface area contributed by atoms with E-state index in [0.717, 1.165) is 14.7 Å². The van der Waals surface area contributed by atoms with Gasteiger partial charge >= 0.3 is 0 Å². The normalized spacial score (nSPS) is 10.0. The first-order valence-electron chi connectivity index (χ1n) is 4.28. The zero-order chi connectivity index (χ0) is 10.7. The summed E-state index contributed by atoms with van der Waals surface area (Å²) in [6.45, 7) is 0. The van der Waals surface area contributed by atoms with E-state index in [0.29, 0.717) is 5.75 Å². The largest absolute Gasteiger partial charge is 0.455 e. The third kappa shape index (κ3) is 2.79. The van der Waals surface area contributed by atoms with Crippen LogP contribution in [0.1, 0.15) is 0 Å². The van der Waals surface area contributed by atoms with E-state index < -0.39 is 0 Å². The molecule has 0 aliphatic rings. The summed E-state index contributed by atoms with van der Waals surface area (Å²) < 4.78 is 7.47. The van der Waals surface area contributed by atoms with Gasteiger partial charge in [-0.25, -0.2) is 0 Å². The summed E-state index contributed by atoms with van der Waals surface area (Å²) in [4.78, 5) is 4.02. The average molecular weight is 329 g/mol. The molecular weight excluding hydrogens is 322 g/mol. The van der Waals surface area contributed by atoms with Gasteiger partial charge in [0.05, 0.1) is 10.7 Å². The highest BCUT2D eigenvalue weighted by Gasteiger charge is 2.01. The highest BCUT2D eigenvalue weighted by molar-refractivity contribution is 9.10. The fourth-order valence-corrected chi connectivity index (χ4v) is 1.81. The number of para-hydroxylation sites is 1. The standard InChI is InChI=1S/C11H7Br2NO/c12-8-5-9(7-14-6-8)15-11-4-2-1-3-10(11)13/h1-7H. The predicted molar refractivity (Wildman–Crippen MR) is 66.2 cm³/mol. The molecule has 0 fully saturated rings. The Labute approximate surface area is 105 Å². The van der Waals surface area contributed by atoms with Gasteiger partial charge in [-0.2, -0.15) is 0 Å². The molecule has 0 saturated heterocycles. The number of benzene rings is 1. The molecule has 0 unspecified atom stereocenters. The van der Waals surface area contributed by atoms with Crippen LogP contribution in [-0.4, -0.2) is 4.98 Å². The Hall–Kier alpha value is -0.870. The second kappa shape index (κ2) is 4.77. The molecule has 1 aromatic heterocycles. The van der Waals surface area contributed by atoms with Crippen molar-refractivity contribution >= 4 is 31.9 Å². The Kier molecular flexibility index (Phi) is 3.38. The van der Waals surface area contributed by atoms with Gasteiger partial charge in [0.1, 0.15) is 11.5 Å². The van der Waals surface area contributed by atoms with Crippen molar-refractivity contribution in [2.24, 2.45) is 0 Å². The molecule has 2 nitrogen and oxygen atoms in total. The first kappa shape index (κ1) is 10.6. The third-order valence-electron chi connectivity index (χ3n) is 1.74. The number of pyridine rings is 1. The van der Waals surface area contributed by atoms with Crippen molar-refractivity contribution < 1.29 is 4.74 Å². The quantitative estimate of drug-likeness (QED) is 0.815. The molecule has 1 heterocycles. The Morgan fingerprint density at radius 2 is 1.87 bits per heavy atom. The predicted octanol–water partition coefficient (Wildman–Crippen LogP) is 4.40. The lowest BCUT2D eigenvalue weighted by Crippen LogP contribution is -1.86. The van der Waals surface area contributed by atoms with Gasteiger partial charge in [0.25, 0.3) is 0 Å². The van der Waals surface area contributed by atoms with Crippen LogP contribution in [-0.2, 0) is 0 Å². The molecule has 0 bridgehead atoms. The zero-order valence-electron chi connectivity index (χ0n) is 7.65. The van der Waals surface area contributed by atoms with Gasteiger partial charge in [-0.15, -0.1) is 0 Å². The Morgan fingerprint density at radius 1 is 1.07 bits per heavy atom. The van der Waals surface area contributed by atoms with Crippen LogP contribution in [0, 0.1) is 0 Å². The summed E-state index contributed by atoms with van der Waals surface area (Å²) in [6.07, 6.45) is 3.39. The van der Waals surface area contributed by atoms with E-state index in [1.54, 1.807) is 12.4 Å². The summed E-state index contributed by atoms with van der Waals surface area (Å²) in [6, 6.07) is 9.56. The van der Waals surface area contributed by atoms with Gasteiger partial charge < -0.3 is 4.74 Å². The molecule has 0 radical (unpaired) electrons. The SMILES string of the molecule is Brc1cncc(Oc2ccccc2Br)c1. The first-order chi connectivity index (χ1) is 7.25. The molecule has 2 rings (SSSR count). The number of rotatable bonds is 2. The van der Waals surface area contributed by atoms with Crippen LogP contribution < -0.4 is 4.74 Å². The molecule has 0 N–H and O–H groups in total. The molecule has 15 heavy (non-hydrogen) atoms. The Balaban J connectivity index is 2.26. The molecule has 0 spiro atoms. The van der Waals surface area contributed by atoms with Gasteiger partial charge in [0, 0.05) is 10.7 Å². The van der Waals surface area contributed by atoms with E-state index in [-0.39, 0.29) is 0 Å². The van der Waals surface area contributed by atoms with E-state index in [4.69, 9.17) is 4.74 Å². The minimum Gasteiger partial charge on any atom is -0.455 e. The maximum Gasteiger partial charge on any atom is 0.146 e. The number of ether oxygens (including phenoxy) is 1. The number of halogens is 2. The summed E-state index contributed by atoms with van der Waals surface area (Å²) >= 11 is 6.75. The fourth-order valence-electron chi connectivity index (χ4n) is 1.10. The van der Waals surface area contributed by atoms with Crippen molar-refractivity contribution in [3.05, 3.63) is 51.7 Å². The van der Waals surface area contributed by atoms with E-state index in [9.17, 15) is 0 Å². The molecule has 4 heteroatoms. The highest BCUT2D eigenvalue weighted by Crippen LogP contribution is 2.29. The van der Waals surface area contributed by atoms with E-state index in [1.807, 2.05) is 30.3 Å². The second-order valence-corrected chi connectivity index (χ2v) is 4.64. The fraction of sp³-hybridized carbons (Fsp3) is 0. The van der Waals surface area contributed by atoms with Gasteiger partial charge in [-0.1, -0.05) is 12.1 Å². The van der Waals surface area contributed by atoms with Crippen LogP contribution in [0.15, 0.2) is 51.7 Å². The van der Waals surface area contributed by atoms with Crippen LogP contribution in [0.3, 0.4) is 0 Å². The summed E-state index contributed by atoms with van der Waals surface area (Å²) in [5.41, 5.74) is 0. The van der Waals surface area contributed by atoms with Crippen molar-refractivity contribution in [3.8, 4) is 11.5 Å². The summed E-state index contributed by atoms with van der Waals surface area (Å²) in [7, 11) is 0. The van der Waals surface area contributed by atoms with Crippen LogP contribution in [0.25, 0.3) is 0 Å². The molecule has 2 aromatic rings. The van der Waals surface area contributed by atoms with Crippen molar-refractivity contribution in [3.63, 3.8) is 0 Å². The van der Waals surface area contributed by atoms with E-state index >= 15 is 0 Å². The van der Waals surface area contributed by atoms with Gasteiger partial charge in [0.2, 0.25) is 0 Å². The maximum atomic E-state index is 5.65. The lowest BCUT2D eigenvalue weighted by Gasteiger charge is -2.06. The molecule has 1 aromatic carbocycles. The summed E-state index contributed by atoms with van der Waals surface area (Å²) in [5.74, 6) is 1.48. The Morgan fingerprint density at radius 3 is 2.60 bits per heavy atom. The van der Waals surface area contributed by atoms with Crippen LogP contribution in [0.5, 0.6) is 11.5 Å². The van der Waals surface area contributed by atoms with Crippen LogP contribution >= 0.6 is 31.9 Å². The molecule has 76 valence electrons. The molecule has 0 atom stereocenters. The van der Waals surface area contributed by atoms with Crippen molar-refractivity contribution in [2.75, 3.05) is 0 Å². The molecule has 0 aliphatic carbocycles. The number of nitrogens with zero attached hydrogens (tertiary/aromatic N) is 1. The number of hydrogen-bond acceptors (Lipinski definition) is 2. The zero-order valence-corrected chi connectivity index (χ0v) is 10.8. The molecule has 0 saturated carbocycles. The second-order valence-electron chi connectivity index (χ2n) is 2.87. The molecule has 0 amide bonds. The molecule has 0 aliphatic heterocycles. The summed E-state index contributed by atoms with van der Waals surface area (Å²) in [5, 5.41) is 0. The third-order valence-corrected chi connectivity index (χ3v) is 2.83. The van der Waals surface area contributed by atoms with E-state index in [2.05, 4.69) is 36.8 Å². The number of aromatic nitrogens is 1. The monoisotopic (exact) mass is 327 g/mol. The lowest BCUT2D eigenvalue weighted by atomic mass is 10.3. The molecular formula is C11H7Br2NO. The van der Waals surface area contributed by atoms with Gasteiger partial charge in [0.15, 0.2) is 0 Å². The van der Waals surface area contributed by atoms with Crippen molar-refractivity contribution in [2.45, 2.75) is 0 Å². The average Bonchev–Trinajstić information content (AvgIpc) is 2.22. The smallest absolute Gasteiger partial charge is 0.146 e. The van der Waals surface area contributed by atoms with Crippen molar-refractivity contribution in [1.82, 2.24) is 4.98 Å². The van der Waals surface area contributed by atoms with Crippen LogP contribution in [0.4, 0.5) is 0 Å². The van der Waals surface area contributed by atoms with E-state index in [1.165, 1.54) is 0 Å².